The van der Waals surface area contributed by atoms with E-state index in [1.54, 1.807) is 4.90 Å². The molecule has 0 bridgehead atoms. The highest BCUT2D eigenvalue weighted by molar-refractivity contribution is 5.77. The van der Waals surface area contributed by atoms with E-state index in [0.717, 1.165) is 32.4 Å². The number of carboxylic acid groups (broad SMARTS) is 1. The van der Waals surface area contributed by atoms with Gasteiger partial charge in [0.1, 0.15) is 0 Å². The number of hydrogen-bond donors (Lipinski definition) is 1. The zero-order valence-electron chi connectivity index (χ0n) is 11.3. The lowest BCUT2D eigenvalue weighted by molar-refractivity contribution is -0.143. The first-order valence-electron chi connectivity index (χ1n) is 7.43. The van der Waals surface area contributed by atoms with Gasteiger partial charge in [0.05, 0.1) is 5.92 Å². The quantitative estimate of drug-likeness (QED) is 0.843. The van der Waals surface area contributed by atoms with Crippen molar-refractivity contribution in [2.75, 3.05) is 19.6 Å². The summed E-state index contributed by atoms with van der Waals surface area (Å²) in [6, 6.07) is 0.513. The summed E-state index contributed by atoms with van der Waals surface area (Å²) in [5.41, 5.74) is 0. The molecule has 2 amide bonds. The molecule has 0 unspecified atom stereocenters. The molecule has 5 nitrogen and oxygen atoms in total. The highest BCUT2D eigenvalue weighted by Crippen LogP contribution is 2.35. The summed E-state index contributed by atoms with van der Waals surface area (Å²) in [5.74, 6) is -0.443. The van der Waals surface area contributed by atoms with E-state index in [1.807, 2.05) is 4.90 Å². The average molecular weight is 266 g/mol. The Morgan fingerprint density at radius 3 is 2.47 bits per heavy atom. The second-order valence-corrected chi connectivity index (χ2v) is 6.23. The lowest BCUT2D eigenvalue weighted by Gasteiger charge is -2.35. The van der Waals surface area contributed by atoms with Crippen LogP contribution in [0.1, 0.15) is 38.5 Å². The van der Waals surface area contributed by atoms with Gasteiger partial charge in [-0.1, -0.05) is 0 Å². The number of carbonyl (C=O) groups is 2. The number of amides is 2. The maximum atomic E-state index is 12.6. The molecule has 1 saturated heterocycles. The zero-order chi connectivity index (χ0) is 13.4. The minimum Gasteiger partial charge on any atom is -0.481 e. The van der Waals surface area contributed by atoms with E-state index in [2.05, 4.69) is 0 Å². The van der Waals surface area contributed by atoms with E-state index in [4.69, 9.17) is 5.11 Å². The van der Waals surface area contributed by atoms with Gasteiger partial charge in [-0.05, 0) is 44.4 Å². The Morgan fingerprint density at radius 1 is 1.16 bits per heavy atom. The van der Waals surface area contributed by atoms with Crippen molar-refractivity contribution in [2.45, 2.75) is 44.6 Å². The summed E-state index contributed by atoms with van der Waals surface area (Å²) >= 11 is 0. The van der Waals surface area contributed by atoms with Gasteiger partial charge in [0, 0.05) is 25.7 Å². The molecule has 1 heterocycles. The summed E-state index contributed by atoms with van der Waals surface area (Å²) in [7, 11) is 0. The Kier molecular flexibility index (Phi) is 3.37. The van der Waals surface area contributed by atoms with Crippen LogP contribution >= 0.6 is 0 Å². The highest BCUT2D eigenvalue weighted by Gasteiger charge is 2.39. The number of likely N-dealkylation sites (tertiary alicyclic amines) is 1. The molecule has 5 heteroatoms. The van der Waals surface area contributed by atoms with Crippen LogP contribution in [-0.4, -0.2) is 52.6 Å². The number of nitrogens with zero attached hydrogens (tertiary/aromatic N) is 2. The van der Waals surface area contributed by atoms with E-state index < -0.39 is 5.97 Å². The van der Waals surface area contributed by atoms with Gasteiger partial charge in [-0.3, -0.25) is 4.79 Å². The summed E-state index contributed by atoms with van der Waals surface area (Å²) < 4.78 is 0. The maximum absolute atomic E-state index is 12.6. The van der Waals surface area contributed by atoms with Crippen LogP contribution in [0, 0.1) is 11.8 Å². The Hall–Kier alpha value is -1.26. The minimum absolute atomic E-state index is 0.0837. The normalized spacial score (nSPS) is 27.2. The van der Waals surface area contributed by atoms with Crippen LogP contribution in [0.4, 0.5) is 4.79 Å². The van der Waals surface area contributed by atoms with Crippen LogP contribution in [0.15, 0.2) is 0 Å². The first-order chi connectivity index (χ1) is 9.15. The zero-order valence-corrected chi connectivity index (χ0v) is 11.3. The SMILES string of the molecule is O=C(O)[C@H]1CCCN(C(=O)N(CC2CC2)C2CC2)C1. The standard InChI is InChI=1S/C14H22N2O3/c17-13(18)11-2-1-7-15(9-11)14(19)16(12-5-6-12)8-10-3-4-10/h10-12H,1-9H2,(H,17,18)/t11-/m0/s1. The smallest absolute Gasteiger partial charge is 0.320 e. The number of hydrogen-bond acceptors (Lipinski definition) is 2. The van der Waals surface area contributed by atoms with Crippen LogP contribution < -0.4 is 0 Å². The molecule has 3 fully saturated rings. The van der Waals surface area contributed by atoms with Crippen LogP contribution in [0.25, 0.3) is 0 Å². The van der Waals surface area contributed by atoms with Crippen molar-refractivity contribution >= 4 is 12.0 Å². The first-order valence-corrected chi connectivity index (χ1v) is 7.43. The lowest BCUT2D eigenvalue weighted by Crippen LogP contribution is -2.50. The van der Waals surface area contributed by atoms with Crippen molar-refractivity contribution in [1.82, 2.24) is 9.80 Å². The number of aliphatic carboxylic acids is 1. The molecule has 0 aromatic carbocycles. The van der Waals surface area contributed by atoms with Gasteiger partial charge in [-0.15, -0.1) is 0 Å². The lowest BCUT2D eigenvalue weighted by atomic mass is 9.98. The van der Waals surface area contributed by atoms with Crippen molar-refractivity contribution in [3.8, 4) is 0 Å². The third kappa shape index (κ3) is 3.01. The number of rotatable bonds is 4. The summed E-state index contributed by atoms with van der Waals surface area (Å²) in [6.07, 6.45) is 6.24. The predicted molar refractivity (Wildman–Crippen MR) is 69.8 cm³/mol. The van der Waals surface area contributed by atoms with Crippen molar-refractivity contribution in [3.05, 3.63) is 0 Å². The Morgan fingerprint density at radius 2 is 1.89 bits per heavy atom. The molecule has 1 N–H and O–H groups in total. The van der Waals surface area contributed by atoms with E-state index >= 15 is 0 Å². The van der Waals surface area contributed by atoms with Gasteiger partial charge in [-0.25, -0.2) is 4.79 Å². The average Bonchev–Trinajstić information content (AvgIpc) is 3.27. The molecular formula is C14H22N2O3. The molecule has 19 heavy (non-hydrogen) atoms. The molecule has 0 aromatic rings. The Balaban J connectivity index is 1.61. The first kappa shape index (κ1) is 12.8. The predicted octanol–water partition coefficient (Wildman–Crippen LogP) is 1.78. The van der Waals surface area contributed by atoms with Gasteiger partial charge >= 0.3 is 12.0 Å². The molecule has 3 aliphatic rings. The molecule has 2 saturated carbocycles. The molecule has 0 aromatic heterocycles. The maximum Gasteiger partial charge on any atom is 0.320 e. The fourth-order valence-corrected chi connectivity index (χ4v) is 2.88. The summed E-state index contributed by atoms with van der Waals surface area (Å²) in [4.78, 5) is 27.4. The summed E-state index contributed by atoms with van der Waals surface area (Å²) in [5, 5.41) is 9.10. The van der Waals surface area contributed by atoms with Crippen LogP contribution in [0.3, 0.4) is 0 Å². The monoisotopic (exact) mass is 266 g/mol. The Bertz CT molecular complexity index is 377. The van der Waals surface area contributed by atoms with E-state index in [9.17, 15) is 9.59 Å². The van der Waals surface area contributed by atoms with E-state index in [-0.39, 0.29) is 11.9 Å². The third-order valence-corrected chi connectivity index (χ3v) is 4.43. The van der Waals surface area contributed by atoms with Gasteiger partial charge in [0.25, 0.3) is 0 Å². The van der Waals surface area contributed by atoms with Crippen molar-refractivity contribution in [3.63, 3.8) is 0 Å². The van der Waals surface area contributed by atoms with Gasteiger partial charge < -0.3 is 14.9 Å². The van der Waals surface area contributed by atoms with E-state index in [0.29, 0.717) is 24.9 Å². The van der Waals surface area contributed by atoms with Crippen LogP contribution in [-0.2, 0) is 4.79 Å². The number of carbonyl (C=O) groups excluding carboxylic acids is 1. The largest absolute Gasteiger partial charge is 0.481 e. The van der Waals surface area contributed by atoms with Crippen molar-refractivity contribution in [1.29, 1.82) is 0 Å². The molecule has 0 radical (unpaired) electrons. The molecular weight excluding hydrogens is 244 g/mol. The fourth-order valence-electron chi connectivity index (χ4n) is 2.88. The minimum atomic E-state index is -0.766. The second-order valence-electron chi connectivity index (χ2n) is 6.23. The number of carboxylic acids is 1. The van der Waals surface area contributed by atoms with Crippen molar-refractivity contribution in [2.24, 2.45) is 11.8 Å². The van der Waals surface area contributed by atoms with Crippen LogP contribution in [0.5, 0.6) is 0 Å². The number of urea groups is 1. The summed E-state index contributed by atoms with van der Waals surface area (Å²) in [6.45, 7) is 2.00. The Labute approximate surface area is 113 Å². The second kappa shape index (κ2) is 5.02. The molecule has 3 rings (SSSR count). The fraction of sp³-hybridized carbons (Fsp3) is 0.857. The number of piperidine rings is 1. The topological polar surface area (TPSA) is 60.9 Å². The molecule has 1 aliphatic heterocycles. The molecule has 1 atom stereocenters. The van der Waals surface area contributed by atoms with Crippen molar-refractivity contribution < 1.29 is 14.7 Å². The van der Waals surface area contributed by atoms with Crippen LogP contribution in [0.2, 0.25) is 0 Å². The van der Waals surface area contributed by atoms with Gasteiger partial charge in [0.2, 0.25) is 0 Å². The highest BCUT2D eigenvalue weighted by atomic mass is 16.4. The molecule has 106 valence electrons. The van der Waals surface area contributed by atoms with Gasteiger partial charge in [-0.2, -0.15) is 0 Å². The van der Waals surface area contributed by atoms with Gasteiger partial charge in [0.15, 0.2) is 0 Å². The molecule has 2 aliphatic carbocycles. The molecule has 0 spiro atoms. The van der Waals surface area contributed by atoms with E-state index in [1.165, 1.54) is 12.8 Å². The third-order valence-electron chi connectivity index (χ3n) is 4.43.